The van der Waals surface area contributed by atoms with Gasteiger partial charge >= 0.3 is 6.03 Å². The minimum absolute atomic E-state index is 0.0959. The van der Waals surface area contributed by atoms with E-state index in [0.717, 1.165) is 31.2 Å². The number of hydrogen-bond acceptors (Lipinski definition) is 2. The van der Waals surface area contributed by atoms with Crippen LogP contribution in [-0.2, 0) is 4.79 Å². The van der Waals surface area contributed by atoms with Gasteiger partial charge in [-0.05, 0) is 62.8 Å². The summed E-state index contributed by atoms with van der Waals surface area (Å²) in [5, 5.41) is 6.75. The molecular formula is C21H24Cl2N2O2. The van der Waals surface area contributed by atoms with E-state index in [2.05, 4.69) is 29.1 Å². The molecule has 1 atom stereocenters. The number of carbonyl (C=O) groups is 2. The van der Waals surface area contributed by atoms with Crippen molar-refractivity contribution in [2.45, 2.75) is 51.1 Å². The highest BCUT2D eigenvalue weighted by molar-refractivity contribution is 6.42. The van der Waals surface area contributed by atoms with Crippen LogP contribution < -0.4 is 10.6 Å². The van der Waals surface area contributed by atoms with E-state index in [0.29, 0.717) is 22.4 Å². The van der Waals surface area contributed by atoms with Gasteiger partial charge in [-0.2, -0.15) is 0 Å². The molecule has 1 aliphatic rings. The number of rotatable bonds is 5. The van der Waals surface area contributed by atoms with E-state index in [1.807, 2.05) is 6.92 Å². The lowest BCUT2D eigenvalue weighted by Crippen LogP contribution is -2.46. The molecule has 2 rings (SSSR count). The van der Waals surface area contributed by atoms with Gasteiger partial charge in [0.05, 0.1) is 16.1 Å². The quantitative estimate of drug-likeness (QED) is 0.547. The average molecular weight is 407 g/mol. The molecule has 0 spiro atoms. The van der Waals surface area contributed by atoms with Crippen LogP contribution in [0.5, 0.6) is 0 Å². The average Bonchev–Trinajstić information content (AvgIpc) is 2.64. The first kappa shape index (κ1) is 21.3. The molecule has 1 aromatic rings. The zero-order valence-electron chi connectivity index (χ0n) is 15.4. The Morgan fingerprint density at radius 3 is 2.59 bits per heavy atom. The third-order valence-corrected chi connectivity index (χ3v) is 5.34. The number of nitrogens with one attached hydrogen (secondary N) is 2. The molecule has 4 nitrogen and oxygen atoms in total. The molecule has 0 radical (unpaired) electrons. The van der Waals surface area contributed by atoms with Gasteiger partial charge in [-0.25, -0.2) is 4.79 Å². The second kappa shape index (κ2) is 10.4. The molecule has 1 saturated carbocycles. The van der Waals surface area contributed by atoms with Gasteiger partial charge in [0.25, 0.3) is 0 Å². The second-order valence-corrected chi connectivity index (χ2v) is 7.64. The molecule has 0 aromatic heterocycles. The van der Waals surface area contributed by atoms with E-state index in [1.54, 1.807) is 18.2 Å². The molecule has 0 saturated heterocycles. The maximum Gasteiger partial charge on any atom is 0.315 e. The van der Waals surface area contributed by atoms with E-state index < -0.39 is 0 Å². The van der Waals surface area contributed by atoms with Crippen molar-refractivity contribution >= 4 is 35.0 Å². The Balaban J connectivity index is 1.76. The highest BCUT2D eigenvalue weighted by Gasteiger charge is 2.23. The lowest BCUT2D eigenvalue weighted by molar-refractivity contribution is -0.115. The third-order valence-electron chi connectivity index (χ3n) is 4.60. The molecule has 1 aliphatic carbocycles. The van der Waals surface area contributed by atoms with Crippen molar-refractivity contribution in [3.63, 3.8) is 0 Å². The van der Waals surface area contributed by atoms with E-state index in [1.165, 1.54) is 6.08 Å². The highest BCUT2D eigenvalue weighted by Crippen LogP contribution is 2.27. The number of hydrogen-bond donors (Lipinski definition) is 2. The summed E-state index contributed by atoms with van der Waals surface area (Å²) in [6.07, 6.45) is 5.59. The summed E-state index contributed by atoms with van der Waals surface area (Å²) in [5.41, 5.74) is 0.742. The van der Waals surface area contributed by atoms with Gasteiger partial charge < -0.3 is 10.6 Å². The van der Waals surface area contributed by atoms with Gasteiger partial charge in [0.1, 0.15) is 0 Å². The Morgan fingerprint density at radius 2 is 1.96 bits per heavy atom. The molecular weight excluding hydrogens is 383 g/mol. The Hall–Kier alpha value is -1.96. The van der Waals surface area contributed by atoms with E-state index >= 15 is 0 Å². The van der Waals surface area contributed by atoms with Gasteiger partial charge in [0.2, 0.25) is 0 Å². The van der Waals surface area contributed by atoms with Gasteiger partial charge in [-0.1, -0.05) is 41.6 Å². The van der Waals surface area contributed by atoms with Crippen LogP contribution >= 0.6 is 23.2 Å². The van der Waals surface area contributed by atoms with Gasteiger partial charge in [0.15, 0.2) is 5.78 Å². The Kier molecular flexibility index (Phi) is 8.22. The molecule has 1 unspecified atom stereocenters. The van der Waals surface area contributed by atoms with Crippen molar-refractivity contribution in [3.8, 4) is 11.8 Å². The fraction of sp³-hybridized carbons (Fsp3) is 0.429. The molecule has 6 heteroatoms. The summed E-state index contributed by atoms with van der Waals surface area (Å²) in [4.78, 5) is 23.6. The molecule has 1 fully saturated rings. The van der Waals surface area contributed by atoms with Crippen LogP contribution in [0.1, 0.15) is 44.6 Å². The number of allylic oxidation sites excluding steroid dienone is 1. The number of ketones is 1. The van der Waals surface area contributed by atoms with Crippen LogP contribution in [-0.4, -0.2) is 23.9 Å². The summed E-state index contributed by atoms with van der Waals surface area (Å²) < 4.78 is 0. The fourth-order valence-corrected chi connectivity index (χ4v) is 3.40. The predicted molar refractivity (Wildman–Crippen MR) is 110 cm³/mol. The highest BCUT2D eigenvalue weighted by atomic mass is 35.5. The van der Waals surface area contributed by atoms with Crippen LogP contribution in [0, 0.1) is 17.8 Å². The summed E-state index contributed by atoms with van der Waals surface area (Å²) in [7, 11) is 0. The lowest BCUT2D eigenvalue weighted by atomic mass is 9.83. The summed E-state index contributed by atoms with van der Waals surface area (Å²) in [6, 6.07) is 4.77. The molecule has 1 aromatic carbocycles. The van der Waals surface area contributed by atoms with Crippen molar-refractivity contribution in [2.24, 2.45) is 5.92 Å². The first-order chi connectivity index (χ1) is 12.9. The third kappa shape index (κ3) is 7.28. The predicted octanol–water partition coefficient (Wildman–Crippen LogP) is 4.74. The van der Waals surface area contributed by atoms with Crippen LogP contribution in [0.3, 0.4) is 0 Å². The topological polar surface area (TPSA) is 58.2 Å². The molecule has 144 valence electrons. The fourth-order valence-electron chi connectivity index (χ4n) is 3.10. The largest absolute Gasteiger partial charge is 0.335 e. The number of urea groups is 1. The van der Waals surface area contributed by atoms with Gasteiger partial charge in [-0.15, -0.1) is 0 Å². The van der Waals surface area contributed by atoms with Crippen LogP contribution in [0.25, 0.3) is 0 Å². The van der Waals surface area contributed by atoms with Crippen LogP contribution in [0.4, 0.5) is 4.79 Å². The molecule has 2 amide bonds. The maximum atomic E-state index is 12.1. The van der Waals surface area contributed by atoms with Crippen molar-refractivity contribution in [1.29, 1.82) is 0 Å². The van der Waals surface area contributed by atoms with Gasteiger partial charge in [-0.3, -0.25) is 4.79 Å². The molecule has 0 bridgehead atoms. The SMILES string of the molecule is C=CC(=O)CC1CCC(NC(=O)NC(C)C#Cc2ccc(Cl)c(Cl)c2)CC1. The van der Waals surface area contributed by atoms with Crippen molar-refractivity contribution in [1.82, 2.24) is 10.6 Å². The maximum absolute atomic E-state index is 12.1. The van der Waals surface area contributed by atoms with Crippen LogP contribution in [0.15, 0.2) is 30.9 Å². The molecule has 27 heavy (non-hydrogen) atoms. The number of carbonyl (C=O) groups excluding carboxylic acids is 2. The number of benzene rings is 1. The van der Waals surface area contributed by atoms with Crippen LogP contribution in [0.2, 0.25) is 10.0 Å². The molecule has 2 N–H and O–H groups in total. The summed E-state index contributed by atoms with van der Waals surface area (Å²) in [6.45, 7) is 5.33. The molecule has 0 heterocycles. The van der Waals surface area contributed by atoms with Gasteiger partial charge in [0, 0.05) is 18.0 Å². The monoisotopic (exact) mass is 406 g/mol. The smallest absolute Gasteiger partial charge is 0.315 e. The Labute approximate surface area is 170 Å². The minimum Gasteiger partial charge on any atom is -0.335 e. The zero-order valence-corrected chi connectivity index (χ0v) is 16.9. The molecule has 0 aliphatic heterocycles. The van der Waals surface area contributed by atoms with Crippen molar-refractivity contribution in [3.05, 3.63) is 46.5 Å². The summed E-state index contributed by atoms with van der Waals surface area (Å²) >= 11 is 11.8. The first-order valence-corrected chi connectivity index (χ1v) is 9.82. The van der Waals surface area contributed by atoms with Crippen molar-refractivity contribution in [2.75, 3.05) is 0 Å². The Bertz CT molecular complexity index is 759. The van der Waals surface area contributed by atoms with E-state index in [-0.39, 0.29) is 23.9 Å². The number of halogens is 2. The standard InChI is InChI=1S/C21H24Cl2N2O2/c1-3-18(26)12-15-6-9-17(10-7-15)25-21(27)24-14(2)4-5-16-8-11-19(22)20(23)13-16/h3,8,11,13-15,17H,1,6-7,9-10,12H2,2H3,(H2,24,25,27). The number of amides is 2. The normalized spacial score (nSPS) is 20.0. The lowest BCUT2D eigenvalue weighted by Gasteiger charge is -2.28. The van der Waals surface area contributed by atoms with E-state index in [4.69, 9.17) is 23.2 Å². The summed E-state index contributed by atoms with van der Waals surface area (Å²) in [5.74, 6) is 6.45. The Morgan fingerprint density at radius 1 is 1.26 bits per heavy atom. The second-order valence-electron chi connectivity index (χ2n) is 6.83. The zero-order chi connectivity index (χ0) is 19.8. The van der Waals surface area contributed by atoms with E-state index in [9.17, 15) is 9.59 Å². The minimum atomic E-state index is -0.305. The first-order valence-electron chi connectivity index (χ1n) is 9.06. The van der Waals surface area contributed by atoms with Crippen molar-refractivity contribution < 1.29 is 9.59 Å².